The molecule has 4 heterocycles. The van der Waals surface area contributed by atoms with E-state index in [9.17, 15) is 9.59 Å². The number of nitrogens with one attached hydrogen (secondary N) is 4. The zero-order chi connectivity index (χ0) is 44.8. The molecule has 0 radical (unpaired) electrons. The molecule has 2 saturated heterocycles. The average molecular weight is 877 g/mol. The first-order valence-electron chi connectivity index (χ1n) is 23.0. The number of amides is 2. The van der Waals surface area contributed by atoms with Crippen LogP contribution in [-0.2, 0) is 9.59 Å². The minimum absolute atomic E-state index is 0.0564. The number of aromatic nitrogens is 4. The fourth-order valence-corrected chi connectivity index (χ4v) is 9.07. The van der Waals surface area contributed by atoms with Gasteiger partial charge in [0.2, 0.25) is 11.8 Å². The number of hydrogen-bond donors (Lipinski definition) is 6. The highest BCUT2D eigenvalue weighted by Crippen LogP contribution is 2.37. The lowest BCUT2D eigenvalue weighted by Crippen LogP contribution is -2.47. The molecule has 8 N–H and O–H groups in total. The van der Waals surface area contributed by atoms with E-state index in [1.807, 2.05) is 108 Å². The number of nitrogens with two attached hydrogens (primary N) is 2. The van der Waals surface area contributed by atoms with Gasteiger partial charge in [-0.15, -0.1) is 0 Å². The maximum Gasteiger partial charge on any atom is 0.245 e. The minimum atomic E-state index is -0.642. The standard InChI is InChI=1S/C31H39N7O3.C20H21N3O/c32-31(33)35-29(22-9-3-1-4-10-22)30(40)34-20-28(39)38-17-15-21(16-18-38)25-19-26(37-36-25)24-13-7-8-14-27(24)41-23-11-5-2-6-12-23;1-2-6-16(7-3-1)24-20-9-5-4-8-17(20)19-14-18(22-23-19)15-10-12-21-13-11-15/h2,5-8,11-14,19,21-22,29H,1,3-4,9-10,15-18,20H2,(H,34,40)(H,36,37)(H4,32,33,35);1-9,14-15,21H,10-13H2,(H,22,23)/t29-;/m1./s1. The molecule has 2 aromatic heterocycles. The van der Waals surface area contributed by atoms with E-state index in [2.05, 4.69) is 54.2 Å². The van der Waals surface area contributed by atoms with Crippen molar-refractivity contribution in [2.75, 3.05) is 32.7 Å². The van der Waals surface area contributed by atoms with Crippen molar-refractivity contribution in [3.8, 4) is 45.5 Å². The second-order valence-electron chi connectivity index (χ2n) is 17.0. The summed E-state index contributed by atoms with van der Waals surface area (Å²) in [5, 5.41) is 21.8. The summed E-state index contributed by atoms with van der Waals surface area (Å²) in [7, 11) is 0. The van der Waals surface area contributed by atoms with E-state index in [0.717, 1.165) is 122 Å². The van der Waals surface area contributed by atoms with Crippen LogP contribution < -0.4 is 31.6 Å². The highest BCUT2D eigenvalue weighted by atomic mass is 16.5. The van der Waals surface area contributed by atoms with Gasteiger partial charge in [-0.1, -0.05) is 79.9 Å². The highest BCUT2D eigenvalue weighted by Gasteiger charge is 2.31. The first-order chi connectivity index (χ1) is 31.9. The van der Waals surface area contributed by atoms with Crippen molar-refractivity contribution in [1.29, 1.82) is 0 Å². The Bertz CT molecular complexity index is 2460. The third-order valence-electron chi connectivity index (χ3n) is 12.6. The van der Waals surface area contributed by atoms with Crippen molar-refractivity contribution in [2.24, 2.45) is 22.4 Å². The molecule has 4 aromatic carbocycles. The molecule has 1 saturated carbocycles. The molecule has 0 bridgehead atoms. The number of para-hydroxylation sites is 4. The first-order valence-corrected chi connectivity index (χ1v) is 23.0. The molecule has 3 aliphatic rings. The Kier molecular flexibility index (Phi) is 15.2. The van der Waals surface area contributed by atoms with Gasteiger partial charge in [0.1, 0.15) is 29.0 Å². The Balaban J connectivity index is 0.000000203. The van der Waals surface area contributed by atoms with Crippen LogP contribution in [0.2, 0.25) is 0 Å². The summed E-state index contributed by atoms with van der Waals surface area (Å²) in [4.78, 5) is 31.9. The summed E-state index contributed by atoms with van der Waals surface area (Å²) in [5.74, 6) is 3.62. The van der Waals surface area contributed by atoms with Gasteiger partial charge in [0.25, 0.3) is 0 Å². The van der Waals surface area contributed by atoms with Crippen molar-refractivity contribution >= 4 is 17.8 Å². The van der Waals surface area contributed by atoms with Gasteiger partial charge in [0, 0.05) is 47.4 Å². The molecule has 1 atom stereocenters. The van der Waals surface area contributed by atoms with Crippen LogP contribution in [0.4, 0.5) is 0 Å². The molecule has 65 heavy (non-hydrogen) atoms. The summed E-state index contributed by atoms with van der Waals surface area (Å²) < 4.78 is 12.2. The molecular formula is C51H60N10O4. The van der Waals surface area contributed by atoms with Crippen LogP contribution in [0.3, 0.4) is 0 Å². The zero-order valence-corrected chi connectivity index (χ0v) is 36.8. The first kappa shape index (κ1) is 44.7. The van der Waals surface area contributed by atoms with E-state index in [0.29, 0.717) is 19.0 Å². The van der Waals surface area contributed by atoms with Crippen molar-refractivity contribution in [1.82, 2.24) is 35.9 Å². The van der Waals surface area contributed by atoms with Gasteiger partial charge in [0.15, 0.2) is 5.96 Å². The van der Waals surface area contributed by atoms with E-state index in [1.54, 1.807) is 0 Å². The number of benzene rings is 4. The molecule has 338 valence electrons. The number of guanidine groups is 1. The summed E-state index contributed by atoms with van der Waals surface area (Å²) in [6.07, 6.45) is 9.05. The van der Waals surface area contributed by atoms with Gasteiger partial charge in [-0.2, -0.15) is 10.2 Å². The van der Waals surface area contributed by atoms with Crippen LogP contribution in [0.25, 0.3) is 22.5 Å². The molecule has 14 heteroatoms. The minimum Gasteiger partial charge on any atom is -0.457 e. The normalized spacial score (nSPS) is 16.4. The lowest BCUT2D eigenvalue weighted by molar-refractivity contribution is -0.134. The zero-order valence-electron chi connectivity index (χ0n) is 36.8. The summed E-state index contributed by atoms with van der Waals surface area (Å²) in [6.45, 7) is 3.32. The Labute approximate surface area is 380 Å². The van der Waals surface area contributed by atoms with Gasteiger partial charge >= 0.3 is 0 Å². The van der Waals surface area contributed by atoms with Crippen molar-refractivity contribution < 1.29 is 19.1 Å². The quantitative estimate of drug-likeness (QED) is 0.0488. The van der Waals surface area contributed by atoms with E-state index < -0.39 is 6.04 Å². The number of carbonyl (C=O) groups is 2. The predicted octanol–water partition coefficient (Wildman–Crippen LogP) is 8.25. The predicted molar refractivity (Wildman–Crippen MR) is 254 cm³/mol. The Hall–Kier alpha value is -6.93. The van der Waals surface area contributed by atoms with Crippen molar-refractivity contribution in [3.63, 3.8) is 0 Å². The Morgan fingerprint density at radius 2 is 1.15 bits per heavy atom. The van der Waals surface area contributed by atoms with Gasteiger partial charge in [-0.25, -0.2) is 4.99 Å². The largest absolute Gasteiger partial charge is 0.457 e. The molecule has 3 fully saturated rings. The fraction of sp³-hybridized carbons (Fsp3) is 0.353. The second kappa shape index (κ2) is 22.1. The van der Waals surface area contributed by atoms with Crippen LogP contribution in [0.1, 0.15) is 81.0 Å². The van der Waals surface area contributed by atoms with E-state index in [-0.39, 0.29) is 36.2 Å². The van der Waals surface area contributed by atoms with E-state index in [4.69, 9.17) is 20.9 Å². The molecule has 2 aliphatic heterocycles. The Morgan fingerprint density at radius 3 is 1.68 bits per heavy atom. The summed E-state index contributed by atoms with van der Waals surface area (Å²) in [6, 6.07) is 39.0. The van der Waals surface area contributed by atoms with Gasteiger partial charge in [0.05, 0.1) is 17.9 Å². The topological polar surface area (TPSA) is 202 Å². The molecular weight excluding hydrogens is 817 g/mol. The number of carbonyl (C=O) groups excluding carboxylic acids is 2. The number of rotatable bonds is 13. The van der Waals surface area contributed by atoms with Crippen LogP contribution >= 0.6 is 0 Å². The van der Waals surface area contributed by atoms with Crippen LogP contribution in [0, 0.1) is 5.92 Å². The molecule has 1 aliphatic carbocycles. The number of ether oxygens (including phenoxy) is 2. The lowest BCUT2D eigenvalue weighted by Gasteiger charge is -2.32. The van der Waals surface area contributed by atoms with Crippen LogP contribution in [0.15, 0.2) is 126 Å². The van der Waals surface area contributed by atoms with Crippen LogP contribution in [-0.4, -0.2) is 81.8 Å². The molecule has 6 aromatic rings. The van der Waals surface area contributed by atoms with E-state index in [1.165, 1.54) is 5.69 Å². The SMILES string of the molecule is NC(N)=N[C@@H](C(=O)NCC(=O)N1CCC(c2cc(-c3ccccc3Oc3ccccc3)n[nH]2)CC1)C1CCCCC1.c1ccc(Oc2ccccc2-c2cc(C3CCNCC3)[nH]n2)cc1. The number of aromatic amines is 2. The third-order valence-corrected chi connectivity index (χ3v) is 12.6. The number of H-pyrrole nitrogens is 2. The van der Waals surface area contributed by atoms with E-state index >= 15 is 0 Å². The molecule has 14 nitrogen and oxygen atoms in total. The third kappa shape index (κ3) is 12.0. The molecule has 2 amide bonds. The number of nitrogens with zero attached hydrogens (tertiary/aromatic N) is 4. The number of hydrogen-bond acceptors (Lipinski definition) is 8. The number of piperidine rings is 2. The highest BCUT2D eigenvalue weighted by molar-refractivity contribution is 5.89. The molecule has 9 rings (SSSR count). The smallest absolute Gasteiger partial charge is 0.245 e. The van der Waals surface area contributed by atoms with Crippen LogP contribution in [0.5, 0.6) is 23.0 Å². The monoisotopic (exact) mass is 876 g/mol. The summed E-state index contributed by atoms with van der Waals surface area (Å²) >= 11 is 0. The lowest BCUT2D eigenvalue weighted by atomic mass is 9.83. The van der Waals surface area contributed by atoms with Gasteiger partial charge in [-0.3, -0.25) is 19.8 Å². The fourth-order valence-electron chi connectivity index (χ4n) is 9.07. The van der Waals surface area contributed by atoms with Crippen molar-refractivity contribution in [3.05, 3.63) is 133 Å². The number of aliphatic imine (C=N–C) groups is 1. The maximum absolute atomic E-state index is 12.9. The van der Waals surface area contributed by atoms with Gasteiger partial charge < -0.3 is 36.5 Å². The molecule has 0 unspecified atom stereocenters. The number of likely N-dealkylation sites (tertiary alicyclic amines) is 1. The van der Waals surface area contributed by atoms with Gasteiger partial charge in [-0.05, 0) is 118 Å². The second-order valence-corrected chi connectivity index (χ2v) is 17.0. The molecule has 0 spiro atoms. The van der Waals surface area contributed by atoms with Crippen molar-refractivity contribution in [2.45, 2.75) is 75.7 Å². The summed E-state index contributed by atoms with van der Waals surface area (Å²) in [5.41, 5.74) is 17.2. The Morgan fingerprint density at radius 1 is 0.662 bits per heavy atom. The maximum atomic E-state index is 12.9. The average Bonchev–Trinajstić information content (AvgIpc) is 4.06.